The van der Waals surface area contributed by atoms with Crippen molar-refractivity contribution in [3.8, 4) is 0 Å². The van der Waals surface area contributed by atoms with Crippen molar-refractivity contribution in [2.75, 3.05) is 13.2 Å². The lowest BCUT2D eigenvalue weighted by Crippen LogP contribution is -2.39. The minimum Gasteiger partial charge on any atom is -0.410 e. The first-order valence-corrected chi connectivity index (χ1v) is 10.6. The van der Waals surface area contributed by atoms with Gasteiger partial charge in [-0.3, -0.25) is 0 Å². The molecule has 1 saturated carbocycles. The molecule has 0 aromatic carbocycles. The topological polar surface area (TPSA) is 27.7 Å². The van der Waals surface area contributed by atoms with Crippen molar-refractivity contribution in [3.05, 3.63) is 10.8 Å². The van der Waals surface area contributed by atoms with Gasteiger partial charge < -0.3 is 13.9 Å². The molecule has 0 radical (unpaired) electrons. The van der Waals surface area contributed by atoms with E-state index in [2.05, 4.69) is 20.0 Å². The van der Waals surface area contributed by atoms with Crippen molar-refractivity contribution in [1.29, 1.82) is 0 Å². The van der Waals surface area contributed by atoms with E-state index in [1.165, 1.54) is 12.8 Å². The predicted octanol–water partition coefficient (Wildman–Crippen LogP) is 2.87. The first-order valence-electron chi connectivity index (χ1n) is 7.69. The van der Waals surface area contributed by atoms with Gasteiger partial charge in [-0.2, -0.15) is 0 Å². The highest BCUT2D eigenvalue weighted by Crippen LogP contribution is 2.57. The minimum atomic E-state index is -1.59. The van der Waals surface area contributed by atoms with Crippen LogP contribution in [0.15, 0.2) is 10.8 Å². The predicted molar refractivity (Wildman–Crippen MR) is 75.1 cm³/mol. The first-order chi connectivity index (χ1) is 9.08. The largest absolute Gasteiger partial charge is 0.410 e. The maximum absolute atomic E-state index is 6.47. The molecule has 19 heavy (non-hydrogen) atoms. The van der Waals surface area contributed by atoms with Gasteiger partial charge in [0.25, 0.3) is 0 Å². The standard InChI is InChI=1S/C15H24O3Si/c1-9-8-11(15-16-6-7-17-15)10-4-5-12-13(10)14(9)19(2,3)18-12/h10-13,15H,4-8H2,1-3H3/t10-,11+,12-,13+/m0/s1. The molecular weight excluding hydrogens is 256 g/mol. The summed E-state index contributed by atoms with van der Waals surface area (Å²) in [6, 6.07) is 0. The van der Waals surface area contributed by atoms with Gasteiger partial charge in [0.05, 0.1) is 19.3 Å². The second-order valence-electron chi connectivity index (χ2n) is 7.11. The fourth-order valence-corrected chi connectivity index (χ4v) is 8.66. The third-order valence-electron chi connectivity index (χ3n) is 5.62. The molecule has 0 N–H and O–H groups in total. The van der Waals surface area contributed by atoms with E-state index in [-0.39, 0.29) is 6.29 Å². The van der Waals surface area contributed by atoms with Crippen LogP contribution >= 0.6 is 0 Å². The van der Waals surface area contributed by atoms with E-state index in [9.17, 15) is 0 Å². The molecule has 0 aromatic heterocycles. The molecule has 2 heterocycles. The van der Waals surface area contributed by atoms with Gasteiger partial charge in [0.15, 0.2) is 6.29 Å². The summed E-state index contributed by atoms with van der Waals surface area (Å²) in [5.41, 5.74) is 1.59. The van der Waals surface area contributed by atoms with Gasteiger partial charge >= 0.3 is 0 Å². The Bertz CT molecular complexity index is 425. The number of allylic oxidation sites excluding steroid dienone is 1. The zero-order chi connectivity index (χ0) is 13.2. The molecular formula is C15H24O3Si. The maximum atomic E-state index is 6.47. The van der Waals surface area contributed by atoms with Gasteiger partial charge in [-0.05, 0) is 45.2 Å². The highest BCUT2D eigenvalue weighted by Gasteiger charge is 2.58. The van der Waals surface area contributed by atoms with Crippen LogP contribution in [0.25, 0.3) is 0 Å². The van der Waals surface area contributed by atoms with Gasteiger partial charge in [-0.25, -0.2) is 0 Å². The van der Waals surface area contributed by atoms with Gasteiger partial charge in [0, 0.05) is 11.8 Å². The first kappa shape index (κ1) is 12.6. The second kappa shape index (κ2) is 4.17. The third kappa shape index (κ3) is 1.73. The SMILES string of the molecule is CC1=C2[C@@H]3[C@@H](CC[C@@H]3O[Si]2(C)C)[C@H](C2OCCO2)C1. The summed E-state index contributed by atoms with van der Waals surface area (Å²) in [5.74, 6) is 1.99. The summed E-state index contributed by atoms with van der Waals surface area (Å²) in [6.45, 7) is 8.63. The van der Waals surface area contributed by atoms with E-state index in [1.807, 2.05) is 0 Å². The third-order valence-corrected chi connectivity index (χ3v) is 8.57. The molecule has 4 rings (SSSR count). The highest BCUT2D eigenvalue weighted by molar-refractivity contribution is 6.79. The quantitative estimate of drug-likeness (QED) is 0.691. The molecule has 0 unspecified atom stereocenters. The molecule has 106 valence electrons. The van der Waals surface area contributed by atoms with Crippen LogP contribution in [0.3, 0.4) is 0 Å². The van der Waals surface area contributed by atoms with Gasteiger partial charge in [0.2, 0.25) is 8.32 Å². The van der Waals surface area contributed by atoms with Gasteiger partial charge in [-0.15, -0.1) is 0 Å². The molecule has 3 fully saturated rings. The number of ether oxygens (including phenoxy) is 2. The molecule has 0 bridgehead atoms. The maximum Gasteiger partial charge on any atom is 0.214 e. The summed E-state index contributed by atoms with van der Waals surface area (Å²) < 4.78 is 18.1. The molecule has 0 spiro atoms. The van der Waals surface area contributed by atoms with E-state index >= 15 is 0 Å². The van der Waals surface area contributed by atoms with E-state index < -0.39 is 8.32 Å². The lowest BCUT2D eigenvalue weighted by Gasteiger charge is -2.38. The minimum absolute atomic E-state index is 0.0469. The molecule has 0 aromatic rings. The van der Waals surface area contributed by atoms with Crippen molar-refractivity contribution in [1.82, 2.24) is 0 Å². The van der Waals surface area contributed by atoms with Gasteiger partial charge in [-0.1, -0.05) is 10.8 Å². The zero-order valence-electron chi connectivity index (χ0n) is 12.1. The lowest BCUT2D eigenvalue weighted by molar-refractivity contribution is -0.105. The van der Waals surface area contributed by atoms with Crippen LogP contribution < -0.4 is 0 Å². The highest BCUT2D eigenvalue weighted by atomic mass is 28.4. The van der Waals surface area contributed by atoms with E-state index in [0.29, 0.717) is 17.9 Å². The Morgan fingerprint density at radius 2 is 1.79 bits per heavy atom. The van der Waals surface area contributed by atoms with Crippen LogP contribution in [0.1, 0.15) is 26.2 Å². The summed E-state index contributed by atoms with van der Waals surface area (Å²) in [5, 5.41) is 1.73. The van der Waals surface area contributed by atoms with Crippen molar-refractivity contribution in [3.63, 3.8) is 0 Å². The summed E-state index contributed by atoms with van der Waals surface area (Å²) in [6.07, 6.45) is 4.25. The Morgan fingerprint density at radius 3 is 2.53 bits per heavy atom. The molecule has 3 nitrogen and oxygen atoms in total. The van der Waals surface area contributed by atoms with Crippen LogP contribution in [-0.2, 0) is 13.9 Å². The van der Waals surface area contributed by atoms with Gasteiger partial charge in [0.1, 0.15) is 0 Å². The van der Waals surface area contributed by atoms with E-state index in [1.54, 1.807) is 10.8 Å². The summed E-state index contributed by atoms with van der Waals surface area (Å²) in [7, 11) is -1.59. The lowest BCUT2D eigenvalue weighted by atomic mass is 9.74. The average molecular weight is 280 g/mol. The smallest absolute Gasteiger partial charge is 0.214 e. The summed E-state index contributed by atoms with van der Waals surface area (Å²) in [4.78, 5) is 0. The monoisotopic (exact) mass is 280 g/mol. The Kier molecular flexibility index (Phi) is 2.76. The van der Waals surface area contributed by atoms with Crippen molar-refractivity contribution in [2.45, 2.75) is 51.7 Å². The summed E-state index contributed by atoms with van der Waals surface area (Å²) >= 11 is 0. The normalized spacial score (nSPS) is 45.0. The van der Waals surface area contributed by atoms with Crippen molar-refractivity contribution >= 4 is 8.32 Å². The molecule has 2 aliphatic carbocycles. The Balaban J connectivity index is 1.71. The van der Waals surface area contributed by atoms with Crippen molar-refractivity contribution < 1.29 is 13.9 Å². The van der Waals surface area contributed by atoms with Crippen molar-refractivity contribution in [2.24, 2.45) is 17.8 Å². The second-order valence-corrected chi connectivity index (χ2v) is 10.9. The van der Waals surface area contributed by atoms with Crippen LogP contribution in [0.2, 0.25) is 13.1 Å². The molecule has 2 aliphatic heterocycles. The number of hydrogen-bond donors (Lipinski definition) is 0. The number of rotatable bonds is 1. The Labute approximate surface area is 116 Å². The fraction of sp³-hybridized carbons (Fsp3) is 0.867. The van der Waals surface area contributed by atoms with Crippen LogP contribution in [0.5, 0.6) is 0 Å². The fourth-order valence-electron chi connectivity index (χ4n) is 5.18. The van der Waals surface area contributed by atoms with Crippen LogP contribution in [0, 0.1) is 17.8 Å². The Hall–Kier alpha value is -0.163. The average Bonchev–Trinajstić information content (AvgIpc) is 3.01. The zero-order valence-corrected chi connectivity index (χ0v) is 13.1. The van der Waals surface area contributed by atoms with Crippen LogP contribution in [-0.4, -0.2) is 33.9 Å². The molecule has 0 amide bonds. The molecule has 2 saturated heterocycles. The molecule has 4 heteroatoms. The Morgan fingerprint density at radius 1 is 1.05 bits per heavy atom. The molecule has 4 atom stereocenters. The number of hydrogen-bond acceptors (Lipinski definition) is 3. The van der Waals surface area contributed by atoms with Crippen LogP contribution in [0.4, 0.5) is 0 Å². The van der Waals surface area contributed by atoms with E-state index in [4.69, 9.17) is 13.9 Å². The molecule has 4 aliphatic rings. The van der Waals surface area contributed by atoms with E-state index in [0.717, 1.165) is 25.6 Å².